The molecular weight excluding hydrogens is 359 g/mol. The van der Waals surface area contributed by atoms with E-state index in [1.807, 2.05) is 6.92 Å². The van der Waals surface area contributed by atoms with Crippen LogP contribution in [-0.4, -0.2) is 10.9 Å². The molecular formula is C15H13BrClFN2O. The molecule has 110 valence electrons. The minimum Gasteiger partial charge on any atom is -0.319 e. The van der Waals surface area contributed by atoms with E-state index in [1.165, 1.54) is 12.1 Å². The maximum Gasteiger partial charge on any atom is 0.255 e. The molecule has 0 saturated heterocycles. The Kier molecular flexibility index (Phi) is 5.31. The molecule has 0 aliphatic heterocycles. The third kappa shape index (κ3) is 4.02. The number of carbonyl (C=O) groups is 1. The Hall–Kier alpha value is -1.46. The van der Waals surface area contributed by atoms with Gasteiger partial charge in [-0.15, -0.1) is 0 Å². The number of nitrogens with one attached hydrogen (secondary N) is 1. The first-order valence-electron chi connectivity index (χ1n) is 6.43. The van der Waals surface area contributed by atoms with Crippen molar-refractivity contribution < 1.29 is 9.18 Å². The highest BCUT2D eigenvalue weighted by molar-refractivity contribution is 9.10. The molecule has 0 unspecified atom stereocenters. The average molecular weight is 372 g/mol. The van der Waals surface area contributed by atoms with Crippen LogP contribution in [0.25, 0.3) is 0 Å². The number of anilines is 1. The normalized spacial score (nSPS) is 10.5. The lowest BCUT2D eigenvalue weighted by molar-refractivity contribution is 0.102. The summed E-state index contributed by atoms with van der Waals surface area (Å²) in [4.78, 5) is 16.4. The Morgan fingerprint density at radius 3 is 2.86 bits per heavy atom. The summed E-state index contributed by atoms with van der Waals surface area (Å²) in [6.45, 7) is 2.01. The lowest BCUT2D eigenvalue weighted by Crippen LogP contribution is -2.14. The van der Waals surface area contributed by atoms with Crippen LogP contribution in [0.1, 0.15) is 29.4 Å². The predicted molar refractivity (Wildman–Crippen MR) is 85.3 cm³/mol. The summed E-state index contributed by atoms with van der Waals surface area (Å²) in [6, 6.07) is 7.62. The molecule has 1 aromatic carbocycles. The molecule has 0 atom stereocenters. The minimum absolute atomic E-state index is 0.104. The topological polar surface area (TPSA) is 42.0 Å². The molecule has 2 aromatic rings. The quantitative estimate of drug-likeness (QED) is 0.781. The van der Waals surface area contributed by atoms with Gasteiger partial charge >= 0.3 is 0 Å². The highest BCUT2D eigenvalue weighted by Crippen LogP contribution is 2.26. The summed E-state index contributed by atoms with van der Waals surface area (Å²) < 4.78 is 14.2. The molecule has 1 N–H and O–H groups in total. The lowest BCUT2D eigenvalue weighted by Gasteiger charge is -2.09. The van der Waals surface area contributed by atoms with Gasteiger partial charge in [-0.25, -0.2) is 9.37 Å². The molecule has 0 aliphatic carbocycles. The lowest BCUT2D eigenvalue weighted by atomic mass is 10.1. The van der Waals surface area contributed by atoms with Gasteiger partial charge in [-0.2, -0.15) is 0 Å². The zero-order valence-corrected chi connectivity index (χ0v) is 13.6. The number of pyridine rings is 1. The SMILES string of the molecule is CCCc1cc(C(=O)Nc2c(F)cccc2Br)cc(Cl)n1. The first-order chi connectivity index (χ1) is 10.0. The number of rotatable bonds is 4. The second-order valence-corrected chi connectivity index (χ2v) is 5.71. The summed E-state index contributed by atoms with van der Waals surface area (Å²) in [5.74, 6) is -0.936. The molecule has 21 heavy (non-hydrogen) atoms. The number of benzene rings is 1. The van der Waals surface area contributed by atoms with E-state index in [-0.39, 0.29) is 10.8 Å². The first-order valence-corrected chi connectivity index (χ1v) is 7.60. The molecule has 1 amide bonds. The van der Waals surface area contributed by atoms with E-state index in [9.17, 15) is 9.18 Å². The largest absolute Gasteiger partial charge is 0.319 e. The third-order valence-corrected chi connectivity index (χ3v) is 3.67. The number of amides is 1. The van der Waals surface area contributed by atoms with Crippen LogP contribution >= 0.6 is 27.5 Å². The maximum absolute atomic E-state index is 13.7. The van der Waals surface area contributed by atoms with Crippen molar-refractivity contribution in [2.75, 3.05) is 5.32 Å². The van der Waals surface area contributed by atoms with Gasteiger partial charge in [-0.05, 0) is 46.6 Å². The summed E-state index contributed by atoms with van der Waals surface area (Å²) in [7, 11) is 0. The van der Waals surface area contributed by atoms with Gasteiger partial charge in [-0.3, -0.25) is 4.79 Å². The van der Waals surface area contributed by atoms with Crippen molar-refractivity contribution >= 4 is 39.1 Å². The summed E-state index contributed by atoms with van der Waals surface area (Å²) in [6.07, 6.45) is 1.62. The number of carbonyl (C=O) groups excluding carboxylic acids is 1. The van der Waals surface area contributed by atoms with Crippen molar-refractivity contribution in [3.63, 3.8) is 0 Å². The molecule has 0 spiro atoms. The van der Waals surface area contributed by atoms with Gasteiger partial charge in [0.1, 0.15) is 11.0 Å². The number of aryl methyl sites for hydroxylation is 1. The van der Waals surface area contributed by atoms with Crippen molar-refractivity contribution in [3.05, 3.63) is 57.0 Å². The molecule has 1 aromatic heterocycles. The van der Waals surface area contributed by atoms with Crippen LogP contribution < -0.4 is 5.32 Å². The van der Waals surface area contributed by atoms with E-state index >= 15 is 0 Å². The van der Waals surface area contributed by atoms with Crippen molar-refractivity contribution in [2.45, 2.75) is 19.8 Å². The number of halogens is 3. The maximum atomic E-state index is 13.7. The van der Waals surface area contributed by atoms with Gasteiger partial charge in [0.15, 0.2) is 0 Å². The number of hydrogen-bond donors (Lipinski definition) is 1. The van der Waals surface area contributed by atoms with Gasteiger partial charge in [-0.1, -0.05) is 31.0 Å². The van der Waals surface area contributed by atoms with Crippen molar-refractivity contribution in [1.82, 2.24) is 4.98 Å². The van der Waals surface area contributed by atoms with Gasteiger partial charge in [0.05, 0.1) is 5.69 Å². The van der Waals surface area contributed by atoms with E-state index in [0.29, 0.717) is 10.0 Å². The van der Waals surface area contributed by atoms with Gasteiger partial charge in [0, 0.05) is 15.7 Å². The fourth-order valence-corrected chi connectivity index (χ4v) is 2.54. The van der Waals surface area contributed by atoms with Crippen molar-refractivity contribution in [2.24, 2.45) is 0 Å². The Balaban J connectivity index is 2.28. The molecule has 6 heteroatoms. The Labute approximate surface area is 135 Å². The summed E-state index contributed by atoms with van der Waals surface area (Å²) in [5.41, 5.74) is 1.20. The fourth-order valence-electron chi connectivity index (χ4n) is 1.87. The Bertz CT molecular complexity index is 658. The third-order valence-electron chi connectivity index (χ3n) is 2.82. The zero-order valence-electron chi connectivity index (χ0n) is 11.3. The number of aromatic nitrogens is 1. The van der Waals surface area contributed by atoms with E-state index < -0.39 is 11.7 Å². The Morgan fingerprint density at radius 1 is 1.43 bits per heavy atom. The summed E-state index contributed by atoms with van der Waals surface area (Å²) in [5, 5.41) is 2.79. The van der Waals surface area contributed by atoms with Crippen LogP contribution in [0.3, 0.4) is 0 Å². The van der Waals surface area contributed by atoms with Gasteiger partial charge in [0.2, 0.25) is 0 Å². The standard InChI is InChI=1S/C15H13BrClFN2O/c1-2-4-10-7-9(8-13(17)19-10)15(21)20-14-11(16)5-3-6-12(14)18/h3,5-8H,2,4H2,1H3,(H,20,21). The number of hydrogen-bond acceptors (Lipinski definition) is 2. The Morgan fingerprint density at radius 2 is 2.19 bits per heavy atom. The van der Waals surface area contributed by atoms with Crippen LogP contribution in [0, 0.1) is 5.82 Å². The first kappa shape index (κ1) is 15.9. The second kappa shape index (κ2) is 7.00. The monoisotopic (exact) mass is 370 g/mol. The smallest absolute Gasteiger partial charge is 0.255 e. The number of nitrogens with zero attached hydrogens (tertiary/aromatic N) is 1. The van der Waals surface area contributed by atoms with Crippen LogP contribution in [-0.2, 0) is 6.42 Å². The average Bonchev–Trinajstić information content (AvgIpc) is 2.42. The van der Waals surface area contributed by atoms with E-state index in [1.54, 1.807) is 18.2 Å². The van der Waals surface area contributed by atoms with Crippen LogP contribution in [0.4, 0.5) is 10.1 Å². The van der Waals surface area contributed by atoms with Crippen LogP contribution in [0.5, 0.6) is 0 Å². The molecule has 1 heterocycles. The van der Waals surface area contributed by atoms with Crippen molar-refractivity contribution in [3.8, 4) is 0 Å². The van der Waals surface area contributed by atoms with E-state index in [0.717, 1.165) is 18.5 Å². The van der Waals surface area contributed by atoms with E-state index in [2.05, 4.69) is 26.2 Å². The molecule has 0 bridgehead atoms. The fraction of sp³-hybridized carbons (Fsp3) is 0.200. The molecule has 0 fully saturated rings. The van der Waals surface area contributed by atoms with E-state index in [4.69, 9.17) is 11.6 Å². The molecule has 0 saturated carbocycles. The van der Waals surface area contributed by atoms with Crippen molar-refractivity contribution in [1.29, 1.82) is 0 Å². The number of para-hydroxylation sites is 1. The zero-order chi connectivity index (χ0) is 15.4. The predicted octanol–water partition coefficient (Wildman–Crippen LogP) is 4.84. The second-order valence-electron chi connectivity index (χ2n) is 4.47. The van der Waals surface area contributed by atoms with Crippen LogP contribution in [0.15, 0.2) is 34.8 Å². The van der Waals surface area contributed by atoms with Gasteiger partial charge < -0.3 is 5.32 Å². The van der Waals surface area contributed by atoms with Crippen LogP contribution in [0.2, 0.25) is 5.15 Å². The highest BCUT2D eigenvalue weighted by atomic mass is 79.9. The minimum atomic E-state index is -0.508. The molecule has 0 radical (unpaired) electrons. The molecule has 2 rings (SSSR count). The summed E-state index contributed by atoms with van der Waals surface area (Å²) >= 11 is 9.13. The highest BCUT2D eigenvalue weighted by Gasteiger charge is 2.13. The van der Waals surface area contributed by atoms with Gasteiger partial charge in [0.25, 0.3) is 5.91 Å². The molecule has 0 aliphatic rings. The molecule has 3 nitrogen and oxygen atoms in total.